The van der Waals surface area contributed by atoms with E-state index >= 15 is 0 Å². The Bertz CT molecular complexity index is 2110. The second kappa shape index (κ2) is 19.4. The van der Waals surface area contributed by atoms with Crippen LogP contribution in [0.5, 0.6) is 5.75 Å². The maximum absolute atomic E-state index is 13.1. The summed E-state index contributed by atoms with van der Waals surface area (Å²) in [7, 11) is 1.63. The second-order valence-electron chi connectivity index (χ2n) is 14.9. The Labute approximate surface area is 317 Å². The molecule has 0 amide bonds. The summed E-state index contributed by atoms with van der Waals surface area (Å²) >= 11 is 1.82. The van der Waals surface area contributed by atoms with Crippen molar-refractivity contribution < 1.29 is 9.13 Å². The summed E-state index contributed by atoms with van der Waals surface area (Å²) < 4.78 is 19.7. The fourth-order valence-electron chi connectivity index (χ4n) is 6.47. The maximum atomic E-state index is 13.1. The molecule has 0 saturated carbocycles. The van der Waals surface area contributed by atoms with E-state index in [9.17, 15) is 4.39 Å². The average molecular weight is 716 g/mol. The Morgan fingerprint density at radius 3 is 1.60 bits per heavy atom. The fourth-order valence-corrected chi connectivity index (χ4v) is 7.33. The van der Waals surface area contributed by atoms with Crippen LogP contribution >= 0.6 is 11.3 Å². The van der Waals surface area contributed by atoms with Crippen LogP contribution in [0.1, 0.15) is 129 Å². The molecule has 0 atom stereocenters. The summed E-state index contributed by atoms with van der Waals surface area (Å²) in [5.41, 5.74) is 10.6. The first-order valence-electron chi connectivity index (χ1n) is 18.4. The summed E-state index contributed by atoms with van der Waals surface area (Å²) in [6.45, 7) is 25.6. The van der Waals surface area contributed by atoms with Crippen LogP contribution in [0.25, 0.3) is 20.9 Å². The molecule has 0 aliphatic rings. The van der Waals surface area contributed by atoms with Gasteiger partial charge in [0.15, 0.2) is 0 Å². The van der Waals surface area contributed by atoms with Gasteiger partial charge in [0.05, 0.1) is 18.7 Å². The van der Waals surface area contributed by atoms with Gasteiger partial charge in [-0.2, -0.15) is 5.26 Å². The number of nitriles is 1. The lowest BCUT2D eigenvalue weighted by Crippen LogP contribution is -1.95. The van der Waals surface area contributed by atoms with Crippen LogP contribution in [0.2, 0.25) is 0 Å². The van der Waals surface area contributed by atoms with Crippen molar-refractivity contribution in [1.29, 1.82) is 5.26 Å². The molecule has 0 aliphatic carbocycles. The Morgan fingerprint density at radius 1 is 0.558 bits per heavy atom. The standard InChI is InChI=1S/C14H16.C12H14S.C11H15F.C11H13NO/c1-10(2)14-9-13-7-5-4-6-12(13)8-11(14)3;1-8(2)11-7-10-4-5-13-12(10)6-9(11)3;1-7(2)10-6-11(12)9(4)5-8(10)3;1-8(2)10-5-4-9(7-12)6-11(10)13-3/h4-10H,1-3H3;4-8H,1-3H3;5-7H,1-4H3;4-6,8H,1-3H3. The molecular weight excluding hydrogens is 658 g/mol. The van der Waals surface area contributed by atoms with Gasteiger partial charge < -0.3 is 4.74 Å². The topological polar surface area (TPSA) is 33.0 Å². The first kappa shape index (κ1) is 42.0. The molecule has 0 aliphatic heterocycles. The lowest BCUT2D eigenvalue weighted by Gasteiger charge is -2.11. The predicted molar refractivity (Wildman–Crippen MR) is 225 cm³/mol. The molecule has 4 heteroatoms. The van der Waals surface area contributed by atoms with E-state index < -0.39 is 0 Å². The number of rotatable bonds is 5. The van der Waals surface area contributed by atoms with Crippen molar-refractivity contribution in [2.24, 2.45) is 0 Å². The molecular formula is C48H58FNOS. The van der Waals surface area contributed by atoms with E-state index in [0.29, 0.717) is 29.2 Å². The Hall–Kier alpha value is -4.46. The van der Waals surface area contributed by atoms with Gasteiger partial charge >= 0.3 is 0 Å². The number of aryl methyl sites for hydroxylation is 4. The van der Waals surface area contributed by atoms with E-state index in [1.165, 1.54) is 48.7 Å². The molecule has 0 saturated heterocycles. The highest BCUT2D eigenvalue weighted by molar-refractivity contribution is 7.17. The van der Waals surface area contributed by atoms with E-state index in [2.05, 4.69) is 135 Å². The first-order valence-corrected chi connectivity index (χ1v) is 19.3. The Morgan fingerprint density at radius 2 is 1.06 bits per heavy atom. The molecule has 0 spiro atoms. The lowest BCUT2D eigenvalue weighted by molar-refractivity contribution is 0.407. The lowest BCUT2D eigenvalue weighted by atomic mass is 9.94. The summed E-state index contributed by atoms with van der Waals surface area (Å²) in [5.74, 6) is 2.77. The Balaban J connectivity index is 0.000000187. The zero-order valence-electron chi connectivity index (χ0n) is 33.6. The minimum Gasteiger partial charge on any atom is -0.496 e. The molecule has 5 aromatic carbocycles. The molecule has 0 bridgehead atoms. The molecule has 2 nitrogen and oxygen atoms in total. The van der Waals surface area contributed by atoms with Gasteiger partial charge in [-0.05, 0) is 154 Å². The predicted octanol–water partition coefficient (Wildman–Crippen LogP) is 14.9. The van der Waals surface area contributed by atoms with Crippen LogP contribution in [0.3, 0.4) is 0 Å². The molecule has 0 fully saturated rings. The third-order valence-corrected chi connectivity index (χ3v) is 10.3. The summed E-state index contributed by atoms with van der Waals surface area (Å²) in [5, 5.41) is 14.9. The van der Waals surface area contributed by atoms with Crippen LogP contribution in [-0.4, -0.2) is 7.11 Å². The van der Waals surface area contributed by atoms with Gasteiger partial charge in [-0.15, -0.1) is 11.3 Å². The number of thiophene rings is 1. The fraction of sp³-hybridized carbons (Fsp3) is 0.354. The number of fused-ring (bicyclic) bond motifs is 2. The van der Waals surface area contributed by atoms with Gasteiger partial charge in [-0.25, -0.2) is 4.39 Å². The minimum atomic E-state index is -0.0932. The summed E-state index contributed by atoms with van der Waals surface area (Å²) in [4.78, 5) is 0. The van der Waals surface area contributed by atoms with Gasteiger partial charge in [0.1, 0.15) is 11.6 Å². The molecule has 6 aromatic rings. The van der Waals surface area contributed by atoms with Crippen molar-refractivity contribution in [3.8, 4) is 11.8 Å². The highest BCUT2D eigenvalue weighted by Gasteiger charge is 2.09. The third kappa shape index (κ3) is 11.3. The number of methoxy groups -OCH3 is 1. The smallest absolute Gasteiger partial charge is 0.126 e. The largest absolute Gasteiger partial charge is 0.496 e. The van der Waals surface area contributed by atoms with Crippen LogP contribution in [-0.2, 0) is 0 Å². The van der Waals surface area contributed by atoms with E-state index in [0.717, 1.165) is 22.4 Å². The molecule has 6 rings (SSSR count). The molecule has 0 radical (unpaired) electrons. The number of hydrogen-bond donors (Lipinski definition) is 0. The van der Waals surface area contributed by atoms with Crippen LogP contribution in [0.4, 0.5) is 4.39 Å². The van der Waals surface area contributed by atoms with Gasteiger partial charge in [-0.3, -0.25) is 0 Å². The number of ether oxygens (including phenoxy) is 1. The Kier molecular flexibility index (Phi) is 15.7. The molecule has 1 heterocycles. The van der Waals surface area contributed by atoms with Crippen LogP contribution in [0.15, 0.2) is 90.3 Å². The molecule has 52 heavy (non-hydrogen) atoms. The average Bonchev–Trinajstić information content (AvgIpc) is 3.56. The van der Waals surface area contributed by atoms with Crippen LogP contribution < -0.4 is 4.74 Å². The van der Waals surface area contributed by atoms with Crippen molar-refractivity contribution in [2.75, 3.05) is 7.11 Å². The molecule has 0 N–H and O–H groups in total. The zero-order chi connectivity index (χ0) is 38.7. The van der Waals surface area contributed by atoms with Gasteiger partial charge in [-0.1, -0.05) is 104 Å². The SMILES string of the molecule is COc1cc(C#N)ccc1C(C)C.Cc1cc(C)c(C(C)C)cc1F.Cc1cc2ccccc2cc1C(C)C.Cc1cc2sccc2cc1C(C)C. The van der Waals surface area contributed by atoms with E-state index in [-0.39, 0.29) is 5.82 Å². The van der Waals surface area contributed by atoms with E-state index in [1.807, 2.05) is 36.5 Å². The number of benzene rings is 5. The van der Waals surface area contributed by atoms with Crippen molar-refractivity contribution in [1.82, 2.24) is 0 Å². The summed E-state index contributed by atoms with van der Waals surface area (Å²) in [6.07, 6.45) is 0. The van der Waals surface area contributed by atoms with Gasteiger partial charge in [0.2, 0.25) is 0 Å². The van der Waals surface area contributed by atoms with Crippen molar-refractivity contribution in [3.63, 3.8) is 0 Å². The number of halogens is 1. The van der Waals surface area contributed by atoms with Crippen molar-refractivity contribution in [3.05, 3.63) is 146 Å². The van der Waals surface area contributed by atoms with E-state index in [1.54, 1.807) is 26.2 Å². The molecule has 274 valence electrons. The number of nitrogens with zero attached hydrogens (tertiary/aromatic N) is 1. The normalized spacial score (nSPS) is 10.8. The van der Waals surface area contributed by atoms with Crippen molar-refractivity contribution in [2.45, 2.75) is 107 Å². The third-order valence-electron chi connectivity index (χ3n) is 9.37. The zero-order valence-corrected chi connectivity index (χ0v) is 34.4. The monoisotopic (exact) mass is 715 g/mol. The second-order valence-corrected chi connectivity index (χ2v) is 15.8. The van der Waals surface area contributed by atoms with Crippen molar-refractivity contribution >= 4 is 32.2 Å². The molecule has 0 unspecified atom stereocenters. The summed E-state index contributed by atoms with van der Waals surface area (Å²) in [6, 6.07) is 31.2. The first-order chi connectivity index (χ1) is 24.6. The van der Waals surface area contributed by atoms with Gasteiger partial charge in [0, 0.05) is 4.70 Å². The minimum absolute atomic E-state index is 0.0932. The van der Waals surface area contributed by atoms with E-state index in [4.69, 9.17) is 10.00 Å². The number of hydrogen-bond acceptors (Lipinski definition) is 3. The highest BCUT2D eigenvalue weighted by Crippen LogP contribution is 2.29. The van der Waals surface area contributed by atoms with Gasteiger partial charge in [0.25, 0.3) is 0 Å². The maximum Gasteiger partial charge on any atom is 0.126 e. The molecule has 1 aromatic heterocycles. The van der Waals surface area contributed by atoms with Crippen LogP contribution in [0, 0.1) is 44.8 Å². The highest BCUT2D eigenvalue weighted by atomic mass is 32.1. The quantitative estimate of drug-likeness (QED) is 0.178.